The van der Waals surface area contributed by atoms with Crippen LogP contribution in [0, 0.1) is 0 Å². The van der Waals surface area contributed by atoms with Gasteiger partial charge in [-0.05, 0) is 23.8 Å². The molecule has 0 saturated heterocycles. The number of hydrogen-bond donors (Lipinski definition) is 0. The molecule has 2 atom stereocenters. The molecule has 4 nitrogen and oxygen atoms in total. The predicted molar refractivity (Wildman–Crippen MR) is 115 cm³/mol. The van der Waals surface area contributed by atoms with Gasteiger partial charge >= 0.3 is 0 Å². The van der Waals surface area contributed by atoms with Gasteiger partial charge in [-0.2, -0.15) is 0 Å². The Morgan fingerprint density at radius 1 is 1.27 bits per heavy atom. The van der Waals surface area contributed by atoms with Gasteiger partial charge in [0.2, 0.25) is 6.33 Å². The maximum atomic E-state index is 6.41. The standard InChI is InChI=1S/C23H23Cl2N2O2.BrH/c1-2-11-28-23(20-8-7-18(24)13-21(20)25)15-27-10-9-26(16-27)14-19-12-17-5-3-4-6-22(17)29-19;/h2-10,13,16,19,23H,1,11-12,14-15H2;1H/q+1;/p-1. The van der Waals surface area contributed by atoms with E-state index in [0.29, 0.717) is 23.2 Å². The van der Waals surface area contributed by atoms with Crippen molar-refractivity contribution in [2.24, 2.45) is 0 Å². The molecule has 158 valence electrons. The topological polar surface area (TPSA) is 27.3 Å². The molecule has 1 aromatic heterocycles. The quantitative estimate of drug-likeness (QED) is 0.343. The summed E-state index contributed by atoms with van der Waals surface area (Å²) in [6, 6.07) is 13.7. The van der Waals surface area contributed by atoms with E-state index in [1.807, 2.05) is 30.5 Å². The highest BCUT2D eigenvalue weighted by atomic mass is 79.9. The normalized spacial score (nSPS) is 15.7. The molecule has 30 heavy (non-hydrogen) atoms. The van der Waals surface area contributed by atoms with Crippen LogP contribution >= 0.6 is 23.2 Å². The largest absolute Gasteiger partial charge is 1.00 e. The lowest BCUT2D eigenvalue weighted by Gasteiger charge is -2.17. The van der Waals surface area contributed by atoms with Crippen LogP contribution < -0.4 is 26.3 Å². The fraction of sp³-hybridized carbons (Fsp3) is 0.261. The first-order chi connectivity index (χ1) is 14.1. The van der Waals surface area contributed by atoms with Gasteiger partial charge in [0.1, 0.15) is 43.4 Å². The summed E-state index contributed by atoms with van der Waals surface area (Å²) in [5, 5.41) is 1.21. The van der Waals surface area contributed by atoms with Crippen molar-refractivity contribution in [2.75, 3.05) is 6.61 Å². The summed E-state index contributed by atoms with van der Waals surface area (Å²) in [4.78, 5) is 0. The van der Waals surface area contributed by atoms with Crippen LogP contribution in [0.1, 0.15) is 17.2 Å². The van der Waals surface area contributed by atoms with Crippen LogP contribution in [0.3, 0.4) is 0 Å². The molecule has 3 aromatic rings. The van der Waals surface area contributed by atoms with Gasteiger partial charge in [-0.25, -0.2) is 9.13 Å². The summed E-state index contributed by atoms with van der Waals surface area (Å²) in [6.45, 7) is 5.61. The van der Waals surface area contributed by atoms with Crippen molar-refractivity contribution in [3.05, 3.63) is 95.0 Å². The highest BCUT2D eigenvalue weighted by Crippen LogP contribution is 2.30. The second-order valence-corrected chi connectivity index (χ2v) is 7.98. The lowest BCUT2D eigenvalue weighted by molar-refractivity contribution is -0.704. The van der Waals surface area contributed by atoms with E-state index in [0.717, 1.165) is 24.3 Å². The number of rotatable bonds is 8. The Morgan fingerprint density at radius 2 is 2.10 bits per heavy atom. The van der Waals surface area contributed by atoms with E-state index in [2.05, 4.69) is 40.4 Å². The Kier molecular flexibility index (Phi) is 8.00. The highest BCUT2D eigenvalue weighted by molar-refractivity contribution is 6.35. The van der Waals surface area contributed by atoms with Crippen LogP contribution in [0.2, 0.25) is 10.0 Å². The highest BCUT2D eigenvalue weighted by Gasteiger charge is 2.25. The molecule has 2 unspecified atom stereocenters. The van der Waals surface area contributed by atoms with Gasteiger partial charge < -0.3 is 26.5 Å². The van der Waals surface area contributed by atoms with Crippen molar-refractivity contribution in [3.8, 4) is 5.75 Å². The Labute approximate surface area is 197 Å². The SMILES string of the molecule is C=CCOC(C[n+]1ccn(CC2Cc3ccccc3O2)c1)c1ccc(Cl)cc1Cl.[Br-]. The van der Waals surface area contributed by atoms with Crippen LogP contribution in [0.4, 0.5) is 0 Å². The molecule has 1 aliphatic heterocycles. The van der Waals surface area contributed by atoms with E-state index in [9.17, 15) is 0 Å². The zero-order chi connectivity index (χ0) is 20.2. The third-order valence-corrected chi connectivity index (χ3v) is 5.54. The lowest BCUT2D eigenvalue weighted by Crippen LogP contribution is -3.00. The average molecular weight is 510 g/mol. The maximum Gasteiger partial charge on any atom is 0.243 e. The second kappa shape index (κ2) is 10.5. The fourth-order valence-electron chi connectivity index (χ4n) is 3.62. The van der Waals surface area contributed by atoms with E-state index in [-0.39, 0.29) is 29.2 Å². The zero-order valence-corrected chi connectivity index (χ0v) is 19.5. The van der Waals surface area contributed by atoms with Crippen molar-refractivity contribution in [1.82, 2.24) is 4.57 Å². The van der Waals surface area contributed by atoms with Crippen molar-refractivity contribution >= 4 is 23.2 Å². The molecule has 1 aliphatic rings. The Hall–Kier alpha value is -1.79. The van der Waals surface area contributed by atoms with Crippen LogP contribution in [0.5, 0.6) is 5.75 Å². The smallest absolute Gasteiger partial charge is 0.243 e. The number of hydrogen-bond acceptors (Lipinski definition) is 2. The number of ether oxygens (including phenoxy) is 2. The molecular formula is C23H23BrCl2N2O2. The van der Waals surface area contributed by atoms with E-state index in [1.165, 1.54) is 5.56 Å². The Balaban J connectivity index is 0.00000256. The predicted octanol–water partition coefficient (Wildman–Crippen LogP) is 2.03. The van der Waals surface area contributed by atoms with Gasteiger partial charge in [-0.3, -0.25) is 0 Å². The molecular weight excluding hydrogens is 487 g/mol. The summed E-state index contributed by atoms with van der Waals surface area (Å²) < 4.78 is 16.3. The van der Waals surface area contributed by atoms with Crippen LogP contribution in [0.25, 0.3) is 0 Å². The van der Waals surface area contributed by atoms with Gasteiger partial charge in [-0.1, -0.05) is 53.5 Å². The number of halogens is 3. The number of aromatic nitrogens is 2. The van der Waals surface area contributed by atoms with Crippen molar-refractivity contribution in [1.29, 1.82) is 0 Å². The number of fused-ring (bicyclic) bond motifs is 1. The molecule has 7 heteroatoms. The summed E-state index contributed by atoms with van der Waals surface area (Å²) in [7, 11) is 0. The molecule has 2 aromatic carbocycles. The molecule has 0 aliphatic carbocycles. The number of nitrogens with zero attached hydrogens (tertiary/aromatic N) is 2. The molecule has 0 spiro atoms. The molecule has 0 amide bonds. The Morgan fingerprint density at radius 3 is 2.87 bits per heavy atom. The van der Waals surface area contributed by atoms with E-state index in [1.54, 1.807) is 12.1 Å². The molecule has 0 radical (unpaired) electrons. The summed E-state index contributed by atoms with van der Waals surface area (Å²) >= 11 is 12.5. The van der Waals surface area contributed by atoms with E-state index < -0.39 is 0 Å². The number of imidazole rings is 1. The first-order valence-electron chi connectivity index (χ1n) is 9.59. The molecule has 0 bridgehead atoms. The fourth-order valence-corrected chi connectivity index (χ4v) is 4.15. The molecule has 4 rings (SSSR count). The minimum atomic E-state index is -0.203. The monoisotopic (exact) mass is 508 g/mol. The van der Waals surface area contributed by atoms with E-state index >= 15 is 0 Å². The molecule has 2 heterocycles. The summed E-state index contributed by atoms with van der Waals surface area (Å²) in [6.07, 6.45) is 8.77. The zero-order valence-electron chi connectivity index (χ0n) is 16.4. The number of para-hydroxylation sites is 1. The summed E-state index contributed by atoms with van der Waals surface area (Å²) in [5.74, 6) is 0.993. The maximum absolute atomic E-state index is 6.41. The van der Waals surface area contributed by atoms with Crippen molar-refractivity contribution in [2.45, 2.75) is 31.7 Å². The molecule has 0 N–H and O–H groups in total. The van der Waals surface area contributed by atoms with Crippen molar-refractivity contribution in [3.63, 3.8) is 0 Å². The minimum absolute atomic E-state index is 0. The van der Waals surface area contributed by atoms with Gasteiger partial charge in [0.05, 0.1) is 6.61 Å². The van der Waals surface area contributed by atoms with Crippen LogP contribution in [-0.4, -0.2) is 17.3 Å². The minimum Gasteiger partial charge on any atom is -1.00 e. The average Bonchev–Trinajstić information content (AvgIpc) is 3.31. The lowest BCUT2D eigenvalue weighted by atomic mass is 10.1. The van der Waals surface area contributed by atoms with Gasteiger partial charge in [0.25, 0.3) is 0 Å². The third kappa shape index (κ3) is 5.46. The van der Waals surface area contributed by atoms with Crippen LogP contribution in [0.15, 0.2) is 73.8 Å². The van der Waals surface area contributed by atoms with E-state index in [4.69, 9.17) is 32.7 Å². The van der Waals surface area contributed by atoms with Gasteiger partial charge in [0, 0.05) is 22.0 Å². The third-order valence-electron chi connectivity index (χ3n) is 4.98. The second-order valence-electron chi connectivity index (χ2n) is 7.14. The van der Waals surface area contributed by atoms with Gasteiger partial charge in [-0.15, -0.1) is 6.58 Å². The van der Waals surface area contributed by atoms with Crippen molar-refractivity contribution < 1.29 is 31.0 Å². The first-order valence-corrected chi connectivity index (χ1v) is 10.3. The summed E-state index contributed by atoms with van der Waals surface area (Å²) in [5.41, 5.74) is 2.18. The first kappa shape index (κ1) is 22.9. The number of benzene rings is 2. The van der Waals surface area contributed by atoms with Gasteiger partial charge in [0.15, 0.2) is 0 Å². The molecule has 0 fully saturated rings. The van der Waals surface area contributed by atoms with Crippen LogP contribution in [-0.2, 0) is 24.2 Å². The molecule has 0 saturated carbocycles. The Bertz CT molecular complexity index is 983.